The molecule has 0 spiro atoms. The second-order valence-corrected chi connectivity index (χ2v) is 5.54. The van der Waals surface area contributed by atoms with Crippen molar-refractivity contribution in [3.05, 3.63) is 35.6 Å². The molecule has 2 rings (SSSR count). The van der Waals surface area contributed by atoms with Crippen molar-refractivity contribution in [1.29, 1.82) is 0 Å². The molecule has 1 aromatic heterocycles. The summed E-state index contributed by atoms with van der Waals surface area (Å²) < 4.78 is 10.8. The Hall–Kier alpha value is -1.81. The minimum absolute atomic E-state index is 0. The minimum Gasteiger partial charge on any atom is -0.459 e. The van der Waals surface area contributed by atoms with Gasteiger partial charge in [0.05, 0.1) is 13.2 Å². The molecule has 0 saturated carbocycles. The summed E-state index contributed by atoms with van der Waals surface area (Å²) in [6, 6.07) is 7.95. The highest BCUT2D eigenvalue weighted by Crippen LogP contribution is 2.24. The Balaban J connectivity index is 0.00000338. The van der Waals surface area contributed by atoms with Gasteiger partial charge in [0.15, 0.2) is 5.96 Å². The van der Waals surface area contributed by atoms with Gasteiger partial charge in [-0.05, 0) is 19.9 Å². The number of nitrogens with zero attached hydrogens (tertiary/aromatic N) is 1. The van der Waals surface area contributed by atoms with Crippen LogP contribution in [-0.4, -0.2) is 45.2 Å². The molecule has 0 radical (unpaired) electrons. The van der Waals surface area contributed by atoms with Gasteiger partial charge in [0.25, 0.3) is 0 Å². The first-order valence-electron chi connectivity index (χ1n) is 8.40. The van der Waals surface area contributed by atoms with Gasteiger partial charge in [0.1, 0.15) is 17.9 Å². The van der Waals surface area contributed by atoms with Gasteiger partial charge in [-0.2, -0.15) is 0 Å². The number of amides is 1. The van der Waals surface area contributed by atoms with Gasteiger partial charge in [-0.25, -0.2) is 4.99 Å². The molecule has 1 heterocycles. The van der Waals surface area contributed by atoms with Gasteiger partial charge in [0.2, 0.25) is 5.91 Å². The summed E-state index contributed by atoms with van der Waals surface area (Å²) in [7, 11) is 1.59. The molecule has 0 aliphatic rings. The average molecular weight is 474 g/mol. The van der Waals surface area contributed by atoms with E-state index >= 15 is 0 Å². The molecule has 0 aliphatic carbocycles. The number of methoxy groups -OCH3 is 1. The largest absolute Gasteiger partial charge is 0.459 e. The number of aryl methyl sites for hydroxylation is 1. The van der Waals surface area contributed by atoms with E-state index in [4.69, 9.17) is 9.15 Å². The van der Waals surface area contributed by atoms with Crippen molar-refractivity contribution in [3.8, 4) is 0 Å². The number of ether oxygens (including phenoxy) is 1. The molecule has 8 heteroatoms. The van der Waals surface area contributed by atoms with E-state index in [1.807, 2.05) is 38.1 Å². The van der Waals surface area contributed by atoms with E-state index in [-0.39, 0.29) is 36.4 Å². The third kappa shape index (κ3) is 6.49. The molecule has 0 unspecified atom stereocenters. The molecule has 7 nitrogen and oxygen atoms in total. The van der Waals surface area contributed by atoms with Crippen LogP contribution in [0.5, 0.6) is 0 Å². The van der Waals surface area contributed by atoms with Crippen molar-refractivity contribution in [3.63, 3.8) is 0 Å². The predicted octanol–water partition coefficient (Wildman–Crippen LogP) is 2.18. The number of guanidine groups is 1. The van der Waals surface area contributed by atoms with E-state index in [2.05, 4.69) is 20.9 Å². The number of furan rings is 1. The first-order valence-corrected chi connectivity index (χ1v) is 8.40. The third-order valence-corrected chi connectivity index (χ3v) is 3.71. The fourth-order valence-electron chi connectivity index (χ4n) is 2.40. The number of carbonyl (C=O) groups is 1. The number of fused-ring (bicyclic) bond motifs is 1. The van der Waals surface area contributed by atoms with Crippen molar-refractivity contribution in [2.24, 2.45) is 4.99 Å². The van der Waals surface area contributed by atoms with Gasteiger partial charge in [-0.3, -0.25) is 4.79 Å². The number of benzene rings is 1. The van der Waals surface area contributed by atoms with E-state index in [9.17, 15) is 4.79 Å². The molecule has 0 aliphatic heterocycles. The van der Waals surface area contributed by atoms with Crippen LogP contribution in [0.3, 0.4) is 0 Å². The van der Waals surface area contributed by atoms with Crippen molar-refractivity contribution in [2.75, 3.05) is 33.4 Å². The minimum atomic E-state index is -0.144. The molecule has 144 valence electrons. The number of halogens is 1. The number of carbonyl (C=O) groups excluding carboxylic acids is 1. The number of hydrogen-bond donors (Lipinski definition) is 3. The third-order valence-electron chi connectivity index (χ3n) is 3.71. The molecule has 0 saturated heterocycles. The maximum absolute atomic E-state index is 11.7. The van der Waals surface area contributed by atoms with Crippen molar-refractivity contribution >= 4 is 46.8 Å². The first kappa shape index (κ1) is 22.2. The van der Waals surface area contributed by atoms with E-state index in [0.717, 1.165) is 22.3 Å². The molecular formula is C18H27IN4O3. The summed E-state index contributed by atoms with van der Waals surface area (Å²) in [6.07, 6.45) is 0. The second-order valence-electron chi connectivity index (χ2n) is 5.54. The molecule has 2 aromatic rings. The van der Waals surface area contributed by atoms with Crippen LogP contribution in [0, 0.1) is 6.92 Å². The van der Waals surface area contributed by atoms with Crippen LogP contribution in [0.15, 0.2) is 33.7 Å². The highest BCUT2D eigenvalue weighted by atomic mass is 127. The highest BCUT2D eigenvalue weighted by molar-refractivity contribution is 14.0. The Morgan fingerprint density at radius 3 is 2.69 bits per heavy atom. The molecule has 26 heavy (non-hydrogen) atoms. The molecule has 0 fully saturated rings. The summed E-state index contributed by atoms with van der Waals surface area (Å²) in [5.41, 5.74) is 1.98. The fraction of sp³-hybridized carbons (Fsp3) is 0.444. The van der Waals surface area contributed by atoms with Crippen LogP contribution >= 0.6 is 24.0 Å². The van der Waals surface area contributed by atoms with Gasteiger partial charge < -0.3 is 25.1 Å². The lowest BCUT2D eigenvalue weighted by atomic mass is 10.1. The maximum atomic E-state index is 11.7. The van der Waals surface area contributed by atoms with Crippen molar-refractivity contribution in [2.45, 2.75) is 20.4 Å². The number of nitrogens with one attached hydrogen (secondary N) is 3. The zero-order valence-electron chi connectivity index (χ0n) is 15.4. The maximum Gasteiger partial charge on any atom is 0.241 e. The standard InChI is InChI=1S/C18H26N4O3.HI/c1-4-19-18(22-12-17(23)20-9-10-24-3)21-11-16-13(2)14-7-5-6-8-15(14)25-16;/h5-8H,4,9-12H2,1-3H3,(H,20,23)(H2,19,21,22);1H. The van der Waals surface area contributed by atoms with E-state index in [1.165, 1.54) is 0 Å². The van der Waals surface area contributed by atoms with Crippen LogP contribution in [0.1, 0.15) is 18.2 Å². The van der Waals surface area contributed by atoms with Gasteiger partial charge in [0, 0.05) is 31.1 Å². The first-order chi connectivity index (χ1) is 12.2. The van der Waals surface area contributed by atoms with Crippen LogP contribution < -0.4 is 16.0 Å². The summed E-state index contributed by atoms with van der Waals surface area (Å²) in [4.78, 5) is 16.0. The average Bonchev–Trinajstić information content (AvgIpc) is 2.94. The monoisotopic (exact) mass is 474 g/mol. The van der Waals surface area contributed by atoms with E-state index in [1.54, 1.807) is 7.11 Å². The Labute approximate surface area is 171 Å². The van der Waals surface area contributed by atoms with Crippen LogP contribution in [0.25, 0.3) is 11.0 Å². The van der Waals surface area contributed by atoms with Crippen molar-refractivity contribution in [1.82, 2.24) is 16.0 Å². The molecular weight excluding hydrogens is 447 g/mol. The van der Waals surface area contributed by atoms with E-state index in [0.29, 0.717) is 32.2 Å². The number of hydrogen-bond acceptors (Lipinski definition) is 4. The lowest BCUT2D eigenvalue weighted by molar-refractivity contribution is -0.119. The Bertz CT molecular complexity index is 730. The fourth-order valence-corrected chi connectivity index (χ4v) is 2.40. The Morgan fingerprint density at radius 2 is 2.00 bits per heavy atom. The van der Waals surface area contributed by atoms with Crippen molar-refractivity contribution < 1.29 is 13.9 Å². The molecule has 3 N–H and O–H groups in total. The van der Waals surface area contributed by atoms with Crippen LogP contribution in [0.2, 0.25) is 0 Å². The van der Waals surface area contributed by atoms with Gasteiger partial charge >= 0.3 is 0 Å². The predicted molar refractivity (Wildman–Crippen MR) is 114 cm³/mol. The zero-order chi connectivity index (χ0) is 18.1. The summed E-state index contributed by atoms with van der Waals surface area (Å²) in [5, 5.41) is 10.2. The quantitative estimate of drug-likeness (QED) is 0.236. The number of aliphatic imine (C=N–C) groups is 1. The lowest BCUT2D eigenvalue weighted by Crippen LogP contribution is -2.38. The summed E-state index contributed by atoms with van der Waals surface area (Å²) in [5.74, 6) is 1.29. The lowest BCUT2D eigenvalue weighted by Gasteiger charge is -2.10. The van der Waals surface area contributed by atoms with Gasteiger partial charge in [-0.15, -0.1) is 24.0 Å². The highest BCUT2D eigenvalue weighted by Gasteiger charge is 2.10. The molecule has 1 aromatic carbocycles. The van der Waals surface area contributed by atoms with E-state index < -0.39 is 0 Å². The topological polar surface area (TPSA) is 87.9 Å². The number of para-hydroxylation sites is 1. The SMILES string of the molecule is CCNC(=NCC(=O)NCCOC)NCc1oc2ccccc2c1C.I. The second kappa shape index (κ2) is 11.7. The molecule has 0 atom stereocenters. The number of rotatable bonds is 8. The Kier molecular flexibility index (Phi) is 10.0. The van der Waals surface area contributed by atoms with Crippen LogP contribution in [-0.2, 0) is 16.1 Å². The Morgan fingerprint density at radius 1 is 1.23 bits per heavy atom. The zero-order valence-corrected chi connectivity index (χ0v) is 17.8. The summed E-state index contributed by atoms with van der Waals surface area (Å²) in [6.45, 7) is 6.23. The van der Waals surface area contributed by atoms with Gasteiger partial charge in [-0.1, -0.05) is 18.2 Å². The smallest absolute Gasteiger partial charge is 0.241 e. The normalized spacial score (nSPS) is 11.1. The summed E-state index contributed by atoms with van der Waals surface area (Å²) >= 11 is 0. The van der Waals surface area contributed by atoms with Crippen LogP contribution in [0.4, 0.5) is 0 Å². The molecule has 1 amide bonds. The molecule has 0 bridgehead atoms.